The van der Waals surface area contributed by atoms with Gasteiger partial charge in [-0.1, -0.05) is 0 Å². The summed E-state index contributed by atoms with van der Waals surface area (Å²) in [6.45, 7) is -0.325. The van der Waals surface area contributed by atoms with Crippen LogP contribution < -0.4 is 5.73 Å². The van der Waals surface area contributed by atoms with Gasteiger partial charge in [-0.3, -0.25) is 4.57 Å². The van der Waals surface area contributed by atoms with E-state index >= 15 is 0 Å². The maximum absolute atomic E-state index is 13.9. The third kappa shape index (κ3) is 2.27. The van der Waals surface area contributed by atoms with E-state index in [1.807, 2.05) is 0 Å². The van der Waals surface area contributed by atoms with Crippen LogP contribution in [0.15, 0.2) is 12.7 Å². The van der Waals surface area contributed by atoms with E-state index in [2.05, 4.69) is 15.0 Å². The monoisotopic (exact) mass is 361 g/mol. The Morgan fingerprint density at radius 2 is 2.17 bits per heavy atom. The molecule has 24 heavy (non-hydrogen) atoms. The largest absolute Gasteiger partial charge is 0.382 e. The van der Waals surface area contributed by atoms with E-state index in [9.17, 15) is 8.78 Å². The molecule has 1 saturated heterocycles. The first kappa shape index (κ1) is 16.0. The summed E-state index contributed by atoms with van der Waals surface area (Å²) in [6, 6.07) is 0. The molecule has 4 rings (SSSR count). The number of hydrogen-bond donors (Lipinski definition) is 3. The number of anilines is 1. The van der Waals surface area contributed by atoms with Crippen molar-refractivity contribution in [2.45, 2.75) is 31.1 Å². The minimum Gasteiger partial charge on any atom is -0.382 e. The lowest BCUT2D eigenvalue weighted by molar-refractivity contribution is -0.0454. The van der Waals surface area contributed by atoms with Crippen LogP contribution in [0.1, 0.15) is 19.1 Å². The molecule has 3 atom stereocenters. The summed E-state index contributed by atoms with van der Waals surface area (Å²) in [7, 11) is -2.63. The number of halogens is 2. The van der Waals surface area contributed by atoms with Crippen molar-refractivity contribution in [3.05, 3.63) is 12.7 Å². The molecule has 0 radical (unpaired) electrons. The van der Waals surface area contributed by atoms with Gasteiger partial charge in [-0.05, 0) is 0 Å². The highest BCUT2D eigenvalue weighted by Crippen LogP contribution is 2.70. The summed E-state index contributed by atoms with van der Waals surface area (Å²) < 4.78 is 39.8. The van der Waals surface area contributed by atoms with Crippen LogP contribution in [-0.2, 0) is 9.26 Å². The fraction of sp³-hybridized carbons (Fsp3) is 0.583. The van der Waals surface area contributed by atoms with Gasteiger partial charge in [-0.2, -0.15) is 0 Å². The zero-order valence-corrected chi connectivity index (χ0v) is 13.1. The van der Waals surface area contributed by atoms with E-state index in [0.29, 0.717) is 11.2 Å². The summed E-state index contributed by atoms with van der Waals surface area (Å²) in [6.07, 6.45) is 0.704. The highest BCUT2D eigenvalue weighted by atomic mass is 31.2. The lowest BCUT2D eigenvalue weighted by Crippen LogP contribution is -2.27. The molecule has 2 fully saturated rings. The minimum absolute atomic E-state index is 0.0399. The molecule has 1 spiro atoms. The van der Waals surface area contributed by atoms with Crippen LogP contribution >= 0.6 is 8.60 Å². The van der Waals surface area contributed by atoms with Crippen molar-refractivity contribution in [2.75, 3.05) is 12.3 Å². The topological polar surface area (TPSA) is 129 Å². The van der Waals surface area contributed by atoms with Crippen LogP contribution in [-0.4, -0.2) is 47.9 Å². The fourth-order valence-corrected chi connectivity index (χ4v) is 3.58. The van der Waals surface area contributed by atoms with Crippen molar-refractivity contribution in [1.82, 2.24) is 19.5 Å². The molecule has 0 aromatic carbocycles. The van der Waals surface area contributed by atoms with Crippen molar-refractivity contribution in [1.29, 1.82) is 0 Å². The number of alkyl halides is 2. The van der Waals surface area contributed by atoms with Gasteiger partial charge >= 0.3 is 8.60 Å². The molecule has 0 amide bonds. The third-order valence-electron chi connectivity index (χ3n) is 4.66. The first-order valence-corrected chi connectivity index (χ1v) is 8.28. The number of rotatable bonds is 4. The molecule has 1 saturated carbocycles. The Hall–Kier alpha value is -1.52. The van der Waals surface area contributed by atoms with Crippen LogP contribution in [0.3, 0.4) is 0 Å². The molecule has 2 unspecified atom stereocenters. The van der Waals surface area contributed by atoms with Gasteiger partial charge in [-0.25, -0.2) is 23.7 Å². The number of nitrogens with two attached hydrogens (primary N) is 1. The molecule has 0 bridgehead atoms. The highest BCUT2D eigenvalue weighted by molar-refractivity contribution is 7.39. The molecular formula is C12H14F2N5O4P. The average molecular weight is 361 g/mol. The normalized spacial score (nSPS) is 31.4. The van der Waals surface area contributed by atoms with Crippen LogP contribution in [0, 0.1) is 5.41 Å². The zero-order valence-electron chi connectivity index (χ0n) is 12.2. The second-order valence-electron chi connectivity index (χ2n) is 5.95. The standard InChI is InChI=1S/C12H14F2N5O4P/c13-12(14)3-11(12)1-7(23-6(11)2-22-24(20)21)19-5-18-8-9(15)16-4-17-10(8)19/h4-7,20-21H,1-3H2,(H2,15,16,17)/t6?,7?,11-/m1/s1. The Balaban J connectivity index is 1.64. The maximum Gasteiger partial charge on any atom is 0.327 e. The second-order valence-corrected chi connectivity index (χ2v) is 6.72. The molecule has 130 valence electrons. The van der Waals surface area contributed by atoms with E-state index < -0.39 is 32.3 Å². The Labute approximate surface area is 135 Å². The van der Waals surface area contributed by atoms with Crippen molar-refractivity contribution < 1.29 is 27.8 Å². The van der Waals surface area contributed by atoms with Crippen LogP contribution in [0.2, 0.25) is 0 Å². The Bertz CT molecular complexity index is 790. The van der Waals surface area contributed by atoms with Gasteiger partial charge in [0.25, 0.3) is 5.92 Å². The Kier molecular flexibility index (Phi) is 3.49. The lowest BCUT2D eigenvalue weighted by Gasteiger charge is -2.18. The van der Waals surface area contributed by atoms with E-state index in [1.165, 1.54) is 17.2 Å². The molecular weight excluding hydrogens is 347 g/mol. The van der Waals surface area contributed by atoms with Crippen molar-refractivity contribution in [3.63, 3.8) is 0 Å². The molecule has 2 aliphatic rings. The molecule has 4 N–H and O–H groups in total. The molecule has 2 aromatic heterocycles. The molecule has 1 aliphatic carbocycles. The summed E-state index contributed by atoms with van der Waals surface area (Å²) in [5.74, 6) is -2.69. The average Bonchev–Trinajstić information content (AvgIpc) is 2.86. The van der Waals surface area contributed by atoms with Crippen molar-refractivity contribution in [2.24, 2.45) is 5.41 Å². The third-order valence-corrected chi connectivity index (χ3v) is 5.04. The Morgan fingerprint density at radius 3 is 2.83 bits per heavy atom. The number of fused-ring (bicyclic) bond motifs is 1. The lowest BCUT2D eigenvalue weighted by atomic mass is 9.97. The number of nitrogen functional groups attached to an aromatic ring is 1. The van der Waals surface area contributed by atoms with Gasteiger partial charge in [0.2, 0.25) is 0 Å². The fourth-order valence-electron chi connectivity index (χ4n) is 3.31. The molecule has 3 heterocycles. The highest BCUT2D eigenvalue weighted by Gasteiger charge is 2.78. The molecule has 2 aromatic rings. The Morgan fingerprint density at radius 1 is 1.42 bits per heavy atom. The van der Waals surface area contributed by atoms with E-state index in [0.717, 1.165) is 0 Å². The number of nitrogens with zero attached hydrogens (tertiary/aromatic N) is 4. The zero-order chi connectivity index (χ0) is 17.1. The van der Waals surface area contributed by atoms with Gasteiger partial charge in [-0.15, -0.1) is 0 Å². The van der Waals surface area contributed by atoms with Crippen molar-refractivity contribution in [3.8, 4) is 0 Å². The van der Waals surface area contributed by atoms with Crippen LogP contribution in [0.4, 0.5) is 14.6 Å². The predicted molar refractivity (Wildman–Crippen MR) is 77.6 cm³/mol. The molecule has 9 nitrogen and oxygen atoms in total. The van der Waals surface area contributed by atoms with Gasteiger partial charge in [0.1, 0.15) is 18.1 Å². The number of aromatic nitrogens is 4. The summed E-state index contributed by atoms with van der Waals surface area (Å²) in [4.78, 5) is 29.7. The molecule has 12 heteroatoms. The van der Waals surface area contributed by atoms with E-state index in [1.54, 1.807) is 0 Å². The summed E-state index contributed by atoms with van der Waals surface area (Å²) in [5, 5.41) is 0. The van der Waals surface area contributed by atoms with Gasteiger partial charge < -0.3 is 24.8 Å². The number of imidazole rings is 1. The van der Waals surface area contributed by atoms with Gasteiger partial charge in [0.05, 0.1) is 24.5 Å². The van der Waals surface area contributed by atoms with Crippen molar-refractivity contribution >= 4 is 25.6 Å². The SMILES string of the molecule is Nc1ncnc2c1ncn2C1C[C@@]2(CC2(F)F)C(COP(O)O)O1. The smallest absolute Gasteiger partial charge is 0.327 e. The van der Waals surface area contributed by atoms with E-state index in [-0.39, 0.29) is 25.3 Å². The van der Waals surface area contributed by atoms with Gasteiger partial charge in [0, 0.05) is 12.8 Å². The maximum atomic E-state index is 13.9. The van der Waals surface area contributed by atoms with E-state index in [4.69, 9.17) is 24.8 Å². The second kappa shape index (κ2) is 5.24. The van der Waals surface area contributed by atoms with Gasteiger partial charge in [0.15, 0.2) is 11.5 Å². The summed E-state index contributed by atoms with van der Waals surface area (Å²) in [5.41, 5.74) is 5.10. The minimum atomic E-state index is -2.88. The molecule has 1 aliphatic heterocycles. The summed E-state index contributed by atoms with van der Waals surface area (Å²) >= 11 is 0. The first-order chi connectivity index (χ1) is 11.3. The first-order valence-electron chi connectivity index (χ1n) is 7.11. The number of hydrogen-bond acceptors (Lipinski definition) is 8. The predicted octanol–water partition coefficient (Wildman–Crippen LogP) is 0.949. The van der Waals surface area contributed by atoms with Crippen LogP contribution in [0.5, 0.6) is 0 Å². The quantitative estimate of drug-likeness (QED) is 0.687. The van der Waals surface area contributed by atoms with Crippen LogP contribution in [0.25, 0.3) is 11.2 Å². The number of ether oxygens (including phenoxy) is 1.